The smallest absolute Gasteiger partial charge is 0.206 e. The summed E-state index contributed by atoms with van der Waals surface area (Å²) in [7, 11) is 1.43. The molecular formula is C10H9ClN2O3. The van der Waals surface area contributed by atoms with Crippen LogP contribution in [0.1, 0.15) is 0 Å². The van der Waals surface area contributed by atoms with E-state index in [4.69, 9.17) is 21.5 Å². The van der Waals surface area contributed by atoms with Gasteiger partial charge in [0, 0.05) is 17.6 Å². The lowest BCUT2D eigenvalue weighted by molar-refractivity contribution is -0.991. The minimum atomic E-state index is -1.06. The number of nitrogens with zero attached hydrogens (tertiary/aromatic N) is 1. The number of ether oxygens (including phenoxy) is 1. The molecule has 1 aromatic carbocycles. The summed E-state index contributed by atoms with van der Waals surface area (Å²) in [6.07, 6.45) is 1.56. The Morgan fingerprint density at radius 2 is 2.25 bits per heavy atom. The van der Waals surface area contributed by atoms with E-state index in [0.717, 1.165) is 5.39 Å². The van der Waals surface area contributed by atoms with E-state index in [1.54, 1.807) is 18.3 Å². The van der Waals surface area contributed by atoms with Crippen molar-refractivity contribution in [3.63, 3.8) is 0 Å². The minimum Gasteiger partial charge on any atom is -0.595 e. The fourth-order valence-corrected chi connectivity index (χ4v) is 1.72. The normalized spacial score (nSPS) is 12.8. The molecule has 0 aliphatic rings. The number of hydrogen-bond acceptors (Lipinski definition) is 4. The molecule has 1 aromatic heterocycles. The summed E-state index contributed by atoms with van der Waals surface area (Å²) < 4.78 is 5.01. The number of quaternary nitrogens is 1. The Balaban J connectivity index is 2.76. The summed E-state index contributed by atoms with van der Waals surface area (Å²) in [5, 5.41) is 20.6. The number of pyridine rings is 1. The zero-order valence-corrected chi connectivity index (χ0v) is 9.15. The molecule has 2 N–H and O–H groups in total. The number of halogens is 1. The van der Waals surface area contributed by atoms with Crippen LogP contribution in [0.2, 0.25) is 5.15 Å². The zero-order chi connectivity index (χ0) is 11.7. The zero-order valence-electron chi connectivity index (χ0n) is 8.40. The standard InChI is InChI=1S/C10H9ClN2O3/c1-16-9-4-6-2-3-12-10(11)7(6)5-8(9)13(14)15/h2-5,13-14H,1H3. The van der Waals surface area contributed by atoms with Crippen molar-refractivity contribution in [3.05, 3.63) is 34.8 Å². The largest absolute Gasteiger partial charge is 0.595 e. The van der Waals surface area contributed by atoms with Crippen molar-refractivity contribution in [2.75, 3.05) is 7.11 Å². The van der Waals surface area contributed by atoms with E-state index < -0.39 is 5.23 Å². The van der Waals surface area contributed by atoms with Crippen LogP contribution in [-0.4, -0.2) is 17.3 Å². The molecule has 2 aromatic rings. The summed E-state index contributed by atoms with van der Waals surface area (Å²) in [5.41, 5.74) is 0.0740. The molecule has 5 nitrogen and oxygen atoms in total. The average molecular weight is 241 g/mol. The molecule has 1 atom stereocenters. The molecule has 84 valence electrons. The summed E-state index contributed by atoms with van der Waals surface area (Å²) in [5.74, 6) is 0.308. The Morgan fingerprint density at radius 3 is 2.88 bits per heavy atom. The molecule has 0 fully saturated rings. The van der Waals surface area contributed by atoms with Crippen LogP contribution in [0.25, 0.3) is 10.8 Å². The molecule has 0 aliphatic heterocycles. The second kappa shape index (κ2) is 4.23. The van der Waals surface area contributed by atoms with Gasteiger partial charge in [0.15, 0.2) is 5.75 Å². The minimum absolute atomic E-state index is 0.0740. The first kappa shape index (κ1) is 11.1. The molecule has 0 saturated heterocycles. The van der Waals surface area contributed by atoms with Gasteiger partial charge in [0.25, 0.3) is 0 Å². The van der Waals surface area contributed by atoms with E-state index in [0.29, 0.717) is 11.1 Å². The predicted octanol–water partition coefficient (Wildman–Crippen LogP) is 1.30. The lowest BCUT2D eigenvalue weighted by Crippen LogP contribution is -2.99. The fraction of sp³-hybridized carbons (Fsp3) is 0.100. The number of methoxy groups -OCH3 is 1. The van der Waals surface area contributed by atoms with Gasteiger partial charge in [0.05, 0.1) is 7.11 Å². The highest BCUT2D eigenvalue weighted by atomic mass is 35.5. The molecule has 2 rings (SSSR count). The third kappa shape index (κ3) is 1.81. The maximum atomic E-state index is 11.0. The Morgan fingerprint density at radius 1 is 1.50 bits per heavy atom. The number of rotatable bonds is 2. The van der Waals surface area contributed by atoms with E-state index in [9.17, 15) is 5.21 Å². The van der Waals surface area contributed by atoms with Crippen molar-refractivity contribution >= 4 is 28.1 Å². The Bertz CT molecular complexity index is 531. The molecule has 1 heterocycles. The molecule has 0 radical (unpaired) electrons. The third-order valence-corrected chi connectivity index (χ3v) is 2.57. The van der Waals surface area contributed by atoms with Gasteiger partial charge < -0.3 is 9.94 Å². The number of aromatic nitrogens is 1. The molecule has 0 amide bonds. The topological polar surface area (TPSA) is 69.9 Å². The van der Waals surface area contributed by atoms with E-state index in [-0.39, 0.29) is 10.8 Å². The van der Waals surface area contributed by atoms with Gasteiger partial charge in [0.2, 0.25) is 5.69 Å². The van der Waals surface area contributed by atoms with E-state index in [1.165, 1.54) is 13.2 Å². The van der Waals surface area contributed by atoms with Crippen LogP contribution < -0.4 is 9.96 Å². The quantitative estimate of drug-likeness (QED) is 0.613. The van der Waals surface area contributed by atoms with Crippen LogP contribution >= 0.6 is 11.6 Å². The first-order valence-corrected chi connectivity index (χ1v) is 4.87. The van der Waals surface area contributed by atoms with Crippen LogP contribution in [-0.2, 0) is 0 Å². The lowest BCUT2D eigenvalue weighted by atomic mass is 10.1. The first-order chi connectivity index (χ1) is 7.63. The molecule has 0 saturated carbocycles. The number of hydrogen-bond donors (Lipinski definition) is 2. The van der Waals surface area contributed by atoms with Gasteiger partial charge in [0.1, 0.15) is 5.15 Å². The number of nitrogens with one attached hydrogen (secondary N) is 1. The van der Waals surface area contributed by atoms with Crippen LogP contribution in [0.5, 0.6) is 5.75 Å². The average Bonchev–Trinajstić information content (AvgIpc) is 2.27. The van der Waals surface area contributed by atoms with Crippen LogP contribution in [0.3, 0.4) is 0 Å². The first-order valence-electron chi connectivity index (χ1n) is 4.49. The summed E-state index contributed by atoms with van der Waals surface area (Å²) in [6.45, 7) is 0. The molecule has 1 unspecified atom stereocenters. The van der Waals surface area contributed by atoms with Crippen LogP contribution in [0, 0.1) is 5.21 Å². The van der Waals surface area contributed by atoms with E-state index in [1.807, 2.05) is 0 Å². The molecule has 6 heteroatoms. The number of fused-ring (bicyclic) bond motifs is 1. The van der Waals surface area contributed by atoms with Crippen LogP contribution in [0.15, 0.2) is 24.4 Å². The highest BCUT2D eigenvalue weighted by Crippen LogP contribution is 2.30. The Kier molecular flexibility index (Phi) is 2.93. The second-order valence-corrected chi connectivity index (χ2v) is 3.54. The molecule has 0 aliphatic carbocycles. The van der Waals surface area contributed by atoms with Gasteiger partial charge in [-0.15, -0.1) is 0 Å². The predicted molar refractivity (Wildman–Crippen MR) is 59.1 cm³/mol. The summed E-state index contributed by atoms with van der Waals surface area (Å²) in [4.78, 5) is 3.89. The molecule has 16 heavy (non-hydrogen) atoms. The maximum Gasteiger partial charge on any atom is 0.206 e. The van der Waals surface area contributed by atoms with Crippen molar-refractivity contribution in [1.29, 1.82) is 0 Å². The lowest BCUT2D eigenvalue weighted by Gasteiger charge is -2.15. The van der Waals surface area contributed by atoms with Crippen molar-refractivity contribution in [1.82, 2.24) is 4.98 Å². The van der Waals surface area contributed by atoms with Crippen molar-refractivity contribution in [2.45, 2.75) is 0 Å². The third-order valence-electron chi connectivity index (χ3n) is 2.27. The monoisotopic (exact) mass is 240 g/mol. The number of benzene rings is 1. The van der Waals surface area contributed by atoms with Gasteiger partial charge in [-0.05, 0) is 17.5 Å². The van der Waals surface area contributed by atoms with Gasteiger partial charge in [-0.3, -0.25) is 0 Å². The van der Waals surface area contributed by atoms with Crippen LogP contribution in [0.4, 0.5) is 5.69 Å². The van der Waals surface area contributed by atoms with Crippen molar-refractivity contribution in [3.8, 4) is 5.75 Å². The molecular weight excluding hydrogens is 232 g/mol. The molecule has 0 spiro atoms. The highest BCUT2D eigenvalue weighted by molar-refractivity contribution is 6.34. The van der Waals surface area contributed by atoms with Crippen molar-refractivity contribution in [2.24, 2.45) is 0 Å². The van der Waals surface area contributed by atoms with E-state index >= 15 is 0 Å². The highest BCUT2D eigenvalue weighted by Gasteiger charge is 2.13. The maximum absolute atomic E-state index is 11.0. The van der Waals surface area contributed by atoms with Gasteiger partial charge in [-0.2, -0.15) is 5.23 Å². The Hall–Kier alpha value is -1.40. The van der Waals surface area contributed by atoms with E-state index in [2.05, 4.69) is 4.98 Å². The van der Waals surface area contributed by atoms with Crippen molar-refractivity contribution < 1.29 is 15.2 Å². The van der Waals surface area contributed by atoms with Gasteiger partial charge in [-0.25, -0.2) is 10.2 Å². The van der Waals surface area contributed by atoms with Gasteiger partial charge >= 0.3 is 0 Å². The Labute approximate surface area is 96.4 Å². The fourth-order valence-electron chi connectivity index (χ4n) is 1.50. The molecule has 0 bridgehead atoms. The van der Waals surface area contributed by atoms with Gasteiger partial charge in [-0.1, -0.05) is 11.6 Å². The summed E-state index contributed by atoms with van der Waals surface area (Å²) in [6, 6.07) is 4.84. The summed E-state index contributed by atoms with van der Waals surface area (Å²) >= 11 is 5.88. The second-order valence-electron chi connectivity index (χ2n) is 3.18. The SMILES string of the molecule is COc1cc2ccnc(Cl)c2cc1[NH+]([O-])O.